The van der Waals surface area contributed by atoms with E-state index < -0.39 is 0 Å². The van der Waals surface area contributed by atoms with Crippen LogP contribution in [-0.2, 0) is 0 Å². The molecule has 7 heteroatoms. The number of carbonyl (C=O) groups excluding carboxylic acids is 1. The summed E-state index contributed by atoms with van der Waals surface area (Å²) in [7, 11) is 0. The molecule has 2 amide bonds. The standard InChI is InChI=1S/C15H19N5OS/c1-11-10-17-15(22-11)19-14(21)18-12-2-4-13(5-3-12)20-8-6-16-7-9-20/h2-5,10,16H,6-9H2,1H3,(H2,17,18,19,21). The van der Waals surface area contributed by atoms with Crippen LogP contribution >= 0.6 is 11.3 Å². The Labute approximate surface area is 133 Å². The van der Waals surface area contributed by atoms with Crippen molar-refractivity contribution in [2.75, 3.05) is 41.7 Å². The molecule has 6 nitrogen and oxygen atoms in total. The first-order valence-electron chi connectivity index (χ1n) is 7.27. The van der Waals surface area contributed by atoms with Crippen LogP contribution in [-0.4, -0.2) is 37.2 Å². The highest BCUT2D eigenvalue weighted by atomic mass is 32.1. The van der Waals surface area contributed by atoms with Crippen LogP contribution < -0.4 is 20.9 Å². The number of thiazole rings is 1. The van der Waals surface area contributed by atoms with Crippen molar-refractivity contribution in [3.05, 3.63) is 35.3 Å². The summed E-state index contributed by atoms with van der Waals surface area (Å²) in [5.41, 5.74) is 1.95. The maximum absolute atomic E-state index is 11.9. The normalized spacial score (nSPS) is 14.7. The van der Waals surface area contributed by atoms with E-state index in [4.69, 9.17) is 0 Å². The van der Waals surface area contributed by atoms with Crippen molar-refractivity contribution in [1.82, 2.24) is 10.3 Å². The second-order valence-corrected chi connectivity index (χ2v) is 6.37. The summed E-state index contributed by atoms with van der Waals surface area (Å²) in [4.78, 5) is 19.4. The van der Waals surface area contributed by atoms with Gasteiger partial charge in [-0.3, -0.25) is 5.32 Å². The van der Waals surface area contributed by atoms with E-state index in [0.717, 1.165) is 36.7 Å². The predicted octanol–water partition coefficient (Wildman–Crippen LogP) is 2.51. The van der Waals surface area contributed by atoms with Gasteiger partial charge in [-0.25, -0.2) is 9.78 Å². The number of hydrogen-bond donors (Lipinski definition) is 3. The molecule has 2 aromatic rings. The lowest BCUT2D eigenvalue weighted by molar-refractivity contribution is 0.262. The summed E-state index contributed by atoms with van der Waals surface area (Å²) in [5, 5.41) is 9.48. The maximum Gasteiger partial charge on any atom is 0.325 e. The highest BCUT2D eigenvalue weighted by molar-refractivity contribution is 7.15. The highest BCUT2D eigenvalue weighted by Gasteiger charge is 2.10. The molecule has 1 aliphatic rings. The fraction of sp³-hybridized carbons (Fsp3) is 0.333. The van der Waals surface area contributed by atoms with Crippen molar-refractivity contribution < 1.29 is 4.79 Å². The summed E-state index contributed by atoms with van der Waals surface area (Å²) in [6, 6.07) is 7.64. The molecule has 0 saturated carbocycles. The van der Waals surface area contributed by atoms with E-state index in [2.05, 4.69) is 25.8 Å². The van der Waals surface area contributed by atoms with E-state index in [1.807, 2.05) is 31.2 Å². The van der Waals surface area contributed by atoms with E-state index >= 15 is 0 Å². The smallest absolute Gasteiger partial charge is 0.325 e. The summed E-state index contributed by atoms with van der Waals surface area (Å²) < 4.78 is 0. The van der Waals surface area contributed by atoms with E-state index in [1.165, 1.54) is 17.0 Å². The van der Waals surface area contributed by atoms with E-state index in [-0.39, 0.29) is 6.03 Å². The number of aryl methyl sites for hydroxylation is 1. The molecule has 116 valence electrons. The first-order chi connectivity index (χ1) is 10.7. The van der Waals surface area contributed by atoms with Gasteiger partial charge in [-0.1, -0.05) is 0 Å². The lowest BCUT2D eigenvalue weighted by Crippen LogP contribution is -2.43. The minimum absolute atomic E-state index is 0.274. The Morgan fingerprint density at radius 2 is 1.95 bits per heavy atom. The molecule has 1 aromatic heterocycles. The molecule has 0 unspecified atom stereocenters. The molecule has 0 aliphatic carbocycles. The zero-order chi connectivity index (χ0) is 15.4. The van der Waals surface area contributed by atoms with Crippen molar-refractivity contribution in [1.29, 1.82) is 0 Å². The minimum atomic E-state index is -0.274. The Hall–Kier alpha value is -2.12. The number of anilines is 3. The van der Waals surface area contributed by atoms with Gasteiger partial charge >= 0.3 is 6.03 Å². The van der Waals surface area contributed by atoms with Crippen LogP contribution in [0.2, 0.25) is 0 Å². The van der Waals surface area contributed by atoms with Crippen LogP contribution in [0.4, 0.5) is 21.3 Å². The Kier molecular flexibility index (Phi) is 4.55. The fourth-order valence-corrected chi connectivity index (χ4v) is 3.01. The maximum atomic E-state index is 11.9. The van der Waals surface area contributed by atoms with Crippen molar-refractivity contribution >= 4 is 33.9 Å². The summed E-state index contributed by atoms with van der Waals surface area (Å²) in [6.07, 6.45) is 1.74. The molecule has 3 N–H and O–H groups in total. The first-order valence-corrected chi connectivity index (χ1v) is 8.08. The van der Waals surface area contributed by atoms with E-state index in [9.17, 15) is 4.79 Å². The van der Waals surface area contributed by atoms with Gasteiger partial charge in [0.1, 0.15) is 0 Å². The number of amides is 2. The Bertz CT molecular complexity index is 634. The van der Waals surface area contributed by atoms with Crippen LogP contribution in [0.3, 0.4) is 0 Å². The molecule has 1 aliphatic heterocycles. The monoisotopic (exact) mass is 317 g/mol. The number of urea groups is 1. The topological polar surface area (TPSA) is 69.3 Å². The lowest BCUT2D eigenvalue weighted by atomic mass is 10.2. The van der Waals surface area contributed by atoms with Gasteiger partial charge in [-0.15, -0.1) is 11.3 Å². The number of carbonyl (C=O) groups is 1. The molecule has 3 rings (SSSR count). The van der Waals surface area contributed by atoms with Crippen LogP contribution in [0.15, 0.2) is 30.5 Å². The van der Waals surface area contributed by atoms with Gasteiger partial charge in [-0.2, -0.15) is 0 Å². The van der Waals surface area contributed by atoms with Gasteiger partial charge in [0.2, 0.25) is 0 Å². The van der Waals surface area contributed by atoms with Gasteiger partial charge in [-0.05, 0) is 31.2 Å². The van der Waals surface area contributed by atoms with Crippen molar-refractivity contribution in [2.45, 2.75) is 6.92 Å². The quantitative estimate of drug-likeness (QED) is 0.813. The highest BCUT2D eigenvalue weighted by Crippen LogP contribution is 2.19. The Morgan fingerprint density at radius 1 is 1.23 bits per heavy atom. The molecule has 0 atom stereocenters. The zero-order valence-corrected chi connectivity index (χ0v) is 13.2. The number of rotatable bonds is 3. The first kappa shape index (κ1) is 14.8. The fourth-order valence-electron chi connectivity index (χ4n) is 2.35. The third-order valence-electron chi connectivity index (χ3n) is 3.45. The average molecular weight is 317 g/mol. The molecule has 0 spiro atoms. The van der Waals surface area contributed by atoms with Crippen molar-refractivity contribution in [2.24, 2.45) is 0 Å². The van der Waals surface area contributed by atoms with Gasteiger partial charge in [0.15, 0.2) is 5.13 Å². The minimum Gasteiger partial charge on any atom is -0.369 e. The number of piperazine rings is 1. The van der Waals surface area contributed by atoms with Gasteiger partial charge in [0.05, 0.1) is 0 Å². The molecule has 22 heavy (non-hydrogen) atoms. The zero-order valence-electron chi connectivity index (χ0n) is 12.4. The van der Waals surface area contributed by atoms with Gasteiger partial charge in [0.25, 0.3) is 0 Å². The predicted molar refractivity (Wildman–Crippen MR) is 91.0 cm³/mol. The molecule has 1 saturated heterocycles. The summed E-state index contributed by atoms with van der Waals surface area (Å²) in [5.74, 6) is 0. The SMILES string of the molecule is Cc1cnc(NC(=O)Nc2ccc(N3CCNCC3)cc2)s1. The van der Waals surface area contributed by atoms with Crippen LogP contribution in [0.25, 0.3) is 0 Å². The third kappa shape index (κ3) is 3.75. The molecular formula is C15H19N5OS. The van der Waals surface area contributed by atoms with Crippen molar-refractivity contribution in [3.63, 3.8) is 0 Å². The lowest BCUT2D eigenvalue weighted by Gasteiger charge is -2.29. The van der Waals surface area contributed by atoms with Gasteiger partial charge in [0, 0.05) is 48.6 Å². The van der Waals surface area contributed by atoms with E-state index in [0.29, 0.717) is 5.13 Å². The van der Waals surface area contributed by atoms with Gasteiger partial charge < -0.3 is 15.5 Å². The Balaban J connectivity index is 1.57. The average Bonchev–Trinajstić information content (AvgIpc) is 2.94. The molecule has 1 fully saturated rings. The molecule has 0 radical (unpaired) electrons. The van der Waals surface area contributed by atoms with Crippen LogP contribution in [0.1, 0.15) is 4.88 Å². The van der Waals surface area contributed by atoms with Crippen LogP contribution in [0, 0.1) is 6.92 Å². The second-order valence-electron chi connectivity index (χ2n) is 5.14. The molecule has 1 aromatic carbocycles. The molecule has 2 heterocycles. The summed E-state index contributed by atoms with van der Waals surface area (Å²) in [6.45, 7) is 5.99. The van der Waals surface area contributed by atoms with Crippen molar-refractivity contribution in [3.8, 4) is 0 Å². The van der Waals surface area contributed by atoms with Crippen LogP contribution in [0.5, 0.6) is 0 Å². The van der Waals surface area contributed by atoms with E-state index in [1.54, 1.807) is 6.20 Å². The molecule has 0 bridgehead atoms. The number of nitrogens with one attached hydrogen (secondary N) is 3. The number of nitrogens with zero attached hydrogens (tertiary/aromatic N) is 2. The number of benzene rings is 1. The molecular weight excluding hydrogens is 298 g/mol. The largest absolute Gasteiger partial charge is 0.369 e. The third-order valence-corrected chi connectivity index (χ3v) is 4.28. The Morgan fingerprint density at radius 3 is 2.59 bits per heavy atom. The number of aromatic nitrogens is 1. The summed E-state index contributed by atoms with van der Waals surface area (Å²) >= 11 is 1.45. The number of hydrogen-bond acceptors (Lipinski definition) is 5. The second kappa shape index (κ2) is 6.76.